The Balaban J connectivity index is 1.42. The van der Waals surface area contributed by atoms with Crippen molar-refractivity contribution in [3.05, 3.63) is 35.9 Å². The highest BCUT2D eigenvalue weighted by molar-refractivity contribution is 5.78. The quantitative estimate of drug-likeness (QED) is 0.688. The molecule has 1 aromatic carbocycles. The molecule has 0 saturated heterocycles. The summed E-state index contributed by atoms with van der Waals surface area (Å²) in [5.41, 5.74) is 7.14. The Morgan fingerprint density at radius 2 is 2.00 bits per heavy atom. The van der Waals surface area contributed by atoms with E-state index >= 15 is 0 Å². The van der Waals surface area contributed by atoms with Crippen molar-refractivity contribution in [3.63, 3.8) is 0 Å². The fraction of sp³-hybridized carbons (Fsp3) is 0.611. The molecule has 0 aromatic heterocycles. The van der Waals surface area contributed by atoms with Crippen LogP contribution in [0.25, 0.3) is 0 Å². The zero-order chi connectivity index (χ0) is 15.6. The lowest BCUT2D eigenvalue weighted by atomic mass is 10.1. The zero-order valence-electron chi connectivity index (χ0n) is 13.3. The number of carbonyl (C=O) groups is 1. The summed E-state index contributed by atoms with van der Waals surface area (Å²) in [5.74, 6) is 0.315. The summed E-state index contributed by atoms with van der Waals surface area (Å²) in [7, 11) is 0. The molecule has 122 valence electrons. The summed E-state index contributed by atoms with van der Waals surface area (Å²) >= 11 is 0. The second kappa shape index (κ2) is 9.59. The molecule has 1 aromatic rings. The van der Waals surface area contributed by atoms with E-state index in [2.05, 4.69) is 29.6 Å². The van der Waals surface area contributed by atoms with Crippen LogP contribution in [0.15, 0.2) is 30.3 Å². The van der Waals surface area contributed by atoms with Gasteiger partial charge in [0.05, 0.1) is 6.61 Å². The molecule has 1 aliphatic rings. The van der Waals surface area contributed by atoms with E-state index < -0.39 is 0 Å². The summed E-state index contributed by atoms with van der Waals surface area (Å²) in [6.45, 7) is 2.26. The van der Waals surface area contributed by atoms with Crippen LogP contribution in [0.5, 0.6) is 0 Å². The van der Waals surface area contributed by atoms with Crippen LogP contribution < -0.4 is 11.1 Å². The fourth-order valence-electron chi connectivity index (χ4n) is 2.88. The van der Waals surface area contributed by atoms with E-state index in [0.29, 0.717) is 0 Å². The first kappa shape index (κ1) is 17.0. The predicted molar refractivity (Wildman–Crippen MR) is 88.5 cm³/mol. The molecular weight excluding hydrogens is 276 g/mol. The average molecular weight is 304 g/mol. The third-order valence-corrected chi connectivity index (χ3v) is 4.24. The van der Waals surface area contributed by atoms with E-state index in [4.69, 9.17) is 10.5 Å². The van der Waals surface area contributed by atoms with Crippen molar-refractivity contribution in [2.24, 2.45) is 11.7 Å². The number of carbonyl (C=O) groups excluding carboxylic acids is 1. The van der Waals surface area contributed by atoms with Crippen molar-refractivity contribution in [1.82, 2.24) is 5.32 Å². The molecule has 1 fully saturated rings. The Kier molecular flexibility index (Phi) is 7.40. The van der Waals surface area contributed by atoms with Gasteiger partial charge in [0.25, 0.3) is 0 Å². The molecule has 0 bridgehead atoms. The molecule has 1 saturated carbocycles. The van der Waals surface area contributed by atoms with Gasteiger partial charge in [-0.1, -0.05) is 30.3 Å². The molecule has 0 heterocycles. The lowest BCUT2D eigenvalue weighted by molar-refractivity contribution is -0.124. The Bertz CT molecular complexity index is 436. The molecular formula is C18H28N2O2. The first-order valence-electron chi connectivity index (χ1n) is 8.40. The zero-order valence-corrected chi connectivity index (χ0v) is 13.3. The maximum absolute atomic E-state index is 11.9. The average Bonchev–Trinajstić information content (AvgIpc) is 2.97. The minimum atomic E-state index is 0.136. The van der Waals surface area contributed by atoms with Crippen LogP contribution in [0.2, 0.25) is 0 Å². The molecule has 2 unspecified atom stereocenters. The summed E-state index contributed by atoms with van der Waals surface area (Å²) in [4.78, 5) is 11.9. The van der Waals surface area contributed by atoms with Crippen LogP contribution in [-0.2, 0) is 16.0 Å². The van der Waals surface area contributed by atoms with Gasteiger partial charge in [0.1, 0.15) is 0 Å². The number of rotatable bonds is 9. The third-order valence-electron chi connectivity index (χ3n) is 4.24. The summed E-state index contributed by atoms with van der Waals surface area (Å²) in [5, 5.41) is 3.01. The summed E-state index contributed by atoms with van der Waals surface area (Å²) < 4.78 is 5.63. The Morgan fingerprint density at radius 3 is 2.73 bits per heavy atom. The lowest BCUT2D eigenvalue weighted by Crippen LogP contribution is -2.31. The molecule has 2 rings (SSSR count). The number of nitrogens with two attached hydrogens (primary N) is 1. The van der Waals surface area contributed by atoms with Crippen LogP contribution in [0.3, 0.4) is 0 Å². The molecule has 3 N–H and O–H groups in total. The minimum Gasteiger partial charge on any atom is -0.381 e. The second-order valence-corrected chi connectivity index (χ2v) is 6.12. The van der Waals surface area contributed by atoms with Gasteiger partial charge in [0.2, 0.25) is 5.91 Å². The minimum absolute atomic E-state index is 0.136. The molecule has 0 radical (unpaired) electrons. The molecule has 0 aliphatic heterocycles. The summed E-state index contributed by atoms with van der Waals surface area (Å²) in [6, 6.07) is 10.6. The normalized spacial score (nSPS) is 21.0. The van der Waals surface area contributed by atoms with Gasteiger partial charge >= 0.3 is 0 Å². The van der Waals surface area contributed by atoms with Gasteiger partial charge in [-0.05, 0) is 44.1 Å². The molecule has 1 amide bonds. The predicted octanol–water partition coefficient (Wildman–Crippen LogP) is 2.27. The van der Waals surface area contributed by atoms with E-state index in [-0.39, 0.29) is 17.9 Å². The van der Waals surface area contributed by atoms with Gasteiger partial charge < -0.3 is 15.8 Å². The fourth-order valence-corrected chi connectivity index (χ4v) is 2.88. The number of hydrogen-bond acceptors (Lipinski definition) is 3. The van der Waals surface area contributed by atoms with Gasteiger partial charge in [-0.15, -0.1) is 0 Å². The van der Waals surface area contributed by atoms with Gasteiger partial charge in [0, 0.05) is 25.1 Å². The standard InChI is InChI=1S/C18H28N2O2/c19-17-9-8-16(14-17)18(21)20-11-4-5-12-22-13-10-15-6-2-1-3-7-15/h1-3,6-7,16-17H,4-5,8-14,19H2,(H,20,21). The van der Waals surface area contributed by atoms with Crippen molar-refractivity contribution < 1.29 is 9.53 Å². The van der Waals surface area contributed by atoms with Crippen molar-refractivity contribution in [2.75, 3.05) is 19.8 Å². The maximum Gasteiger partial charge on any atom is 0.223 e. The first-order chi connectivity index (χ1) is 10.8. The van der Waals surface area contributed by atoms with E-state index in [9.17, 15) is 4.79 Å². The van der Waals surface area contributed by atoms with Crippen LogP contribution in [0.1, 0.15) is 37.7 Å². The van der Waals surface area contributed by atoms with Gasteiger partial charge in [0.15, 0.2) is 0 Å². The highest BCUT2D eigenvalue weighted by atomic mass is 16.5. The highest BCUT2D eigenvalue weighted by Crippen LogP contribution is 2.23. The highest BCUT2D eigenvalue weighted by Gasteiger charge is 2.27. The Hall–Kier alpha value is -1.39. The smallest absolute Gasteiger partial charge is 0.223 e. The largest absolute Gasteiger partial charge is 0.381 e. The number of amides is 1. The Labute approximate surface area is 133 Å². The van der Waals surface area contributed by atoms with Crippen molar-refractivity contribution in [2.45, 2.75) is 44.6 Å². The second-order valence-electron chi connectivity index (χ2n) is 6.12. The van der Waals surface area contributed by atoms with E-state index in [1.807, 2.05) is 6.07 Å². The van der Waals surface area contributed by atoms with E-state index in [1.165, 1.54) is 5.56 Å². The SMILES string of the molecule is NC1CCC(C(=O)NCCCCOCCc2ccccc2)C1. The number of ether oxygens (including phenoxy) is 1. The monoisotopic (exact) mass is 304 g/mol. The van der Waals surface area contributed by atoms with Crippen LogP contribution >= 0.6 is 0 Å². The van der Waals surface area contributed by atoms with Crippen molar-refractivity contribution in [3.8, 4) is 0 Å². The summed E-state index contributed by atoms with van der Waals surface area (Å²) in [6.07, 6.45) is 5.67. The molecule has 4 heteroatoms. The number of nitrogens with one attached hydrogen (secondary N) is 1. The molecule has 1 aliphatic carbocycles. The third kappa shape index (κ3) is 6.16. The molecule has 4 nitrogen and oxygen atoms in total. The van der Waals surface area contributed by atoms with Crippen LogP contribution in [0, 0.1) is 5.92 Å². The van der Waals surface area contributed by atoms with Crippen molar-refractivity contribution in [1.29, 1.82) is 0 Å². The van der Waals surface area contributed by atoms with E-state index in [0.717, 1.165) is 58.3 Å². The van der Waals surface area contributed by atoms with Gasteiger partial charge in [-0.2, -0.15) is 0 Å². The van der Waals surface area contributed by atoms with Crippen LogP contribution in [0.4, 0.5) is 0 Å². The van der Waals surface area contributed by atoms with Crippen LogP contribution in [-0.4, -0.2) is 31.7 Å². The topological polar surface area (TPSA) is 64.4 Å². The number of hydrogen-bond donors (Lipinski definition) is 2. The van der Waals surface area contributed by atoms with Gasteiger partial charge in [-0.3, -0.25) is 4.79 Å². The molecule has 2 atom stereocenters. The molecule has 0 spiro atoms. The van der Waals surface area contributed by atoms with Gasteiger partial charge in [-0.25, -0.2) is 0 Å². The Morgan fingerprint density at radius 1 is 1.18 bits per heavy atom. The van der Waals surface area contributed by atoms with E-state index in [1.54, 1.807) is 0 Å². The van der Waals surface area contributed by atoms with Crippen molar-refractivity contribution >= 4 is 5.91 Å². The molecule has 22 heavy (non-hydrogen) atoms. The number of unbranched alkanes of at least 4 members (excludes halogenated alkanes) is 1. The first-order valence-corrected chi connectivity index (χ1v) is 8.40. The number of benzene rings is 1. The maximum atomic E-state index is 11.9. The lowest BCUT2D eigenvalue weighted by Gasteiger charge is -2.10.